The van der Waals surface area contributed by atoms with E-state index in [2.05, 4.69) is 5.10 Å². The lowest BCUT2D eigenvalue weighted by Crippen LogP contribution is -2.43. The first kappa shape index (κ1) is 25.7. The predicted molar refractivity (Wildman–Crippen MR) is 136 cm³/mol. The number of amides is 2. The summed E-state index contributed by atoms with van der Waals surface area (Å²) in [6.45, 7) is 4.00. The fourth-order valence-corrected chi connectivity index (χ4v) is 4.73. The van der Waals surface area contributed by atoms with E-state index in [4.69, 9.17) is 15.2 Å². The Bertz CT molecular complexity index is 1110. The molecule has 36 heavy (non-hydrogen) atoms. The van der Waals surface area contributed by atoms with E-state index in [9.17, 15) is 14.7 Å². The number of primary amides is 1. The SMILES string of the molecule is CCOc1cc(C2=NN(Cc3ccc(C(C(N)=O)N4CCC(O)CC4)cc3)C(=O)CC2)ccc1OC. The number of carbonyl (C=O) groups excluding carboxylic acids is 2. The molecule has 2 aliphatic heterocycles. The molecule has 1 fully saturated rings. The summed E-state index contributed by atoms with van der Waals surface area (Å²) in [6.07, 6.45) is 1.85. The molecule has 0 aliphatic carbocycles. The van der Waals surface area contributed by atoms with Gasteiger partial charge in [0.1, 0.15) is 6.04 Å². The normalized spacial score (nSPS) is 18.0. The summed E-state index contributed by atoms with van der Waals surface area (Å²) in [5.41, 5.74) is 9.14. The first-order valence-corrected chi connectivity index (χ1v) is 12.4. The van der Waals surface area contributed by atoms with Gasteiger partial charge in [-0.25, -0.2) is 5.01 Å². The summed E-state index contributed by atoms with van der Waals surface area (Å²) in [5.74, 6) is 0.847. The average molecular weight is 495 g/mol. The monoisotopic (exact) mass is 494 g/mol. The Morgan fingerprint density at radius 2 is 1.86 bits per heavy atom. The standard InChI is InChI=1S/C27H34N4O5/c1-3-36-24-16-20(8-10-23(24)35-2)22-9-11-25(33)31(29-22)17-18-4-6-19(7-5-18)26(27(28)34)30-14-12-21(32)13-15-30/h4-8,10,16,21,26,32H,3,9,11-15,17H2,1-2H3,(H2,28,34). The van der Waals surface area contributed by atoms with Gasteiger partial charge >= 0.3 is 0 Å². The van der Waals surface area contributed by atoms with Gasteiger partial charge in [-0.3, -0.25) is 14.5 Å². The summed E-state index contributed by atoms with van der Waals surface area (Å²) >= 11 is 0. The van der Waals surface area contributed by atoms with Crippen LogP contribution in [0.2, 0.25) is 0 Å². The molecule has 9 nitrogen and oxygen atoms in total. The fourth-order valence-electron chi connectivity index (χ4n) is 4.73. The number of hydrogen-bond acceptors (Lipinski definition) is 7. The molecule has 0 spiro atoms. The number of benzene rings is 2. The molecule has 192 valence electrons. The highest BCUT2D eigenvalue weighted by atomic mass is 16.5. The molecule has 0 saturated carbocycles. The number of piperidine rings is 1. The maximum atomic E-state index is 12.6. The van der Waals surface area contributed by atoms with Crippen molar-refractivity contribution in [2.45, 2.75) is 51.3 Å². The van der Waals surface area contributed by atoms with E-state index in [1.165, 1.54) is 5.01 Å². The van der Waals surface area contributed by atoms with E-state index in [0.29, 0.717) is 63.4 Å². The molecule has 0 radical (unpaired) electrons. The van der Waals surface area contributed by atoms with Crippen molar-refractivity contribution in [3.8, 4) is 11.5 Å². The summed E-state index contributed by atoms with van der Waals surface area (Å²) in [5, 5.41) is 15.9. The zero-order chi connectivity index (χ0) is 25.7. The van der Waals surface area contributed by atoms with Gasteiger partial charge in [0.15, 0.2) is 11.5 Å². The largest absolute Gasteiger partial charge is 0.493 e. The third-order valence-electron chi connectivity index (χ3n) is 6.66. The number of likely N-dealkylation sites (tertiary alicyclic amines) is 1. The maximum absolute atomic E-state index is 12.6. The topological polar surface area (TPSA) is 118 Å². The molecular formula is C27H34N4O5. The number of ether oxygens (including phenoxy) is 2. The van der Waals surface area contributed by atoms with Crippen LogP contribution in [0.25, 0.3) is 0 Å². The quantitative estimate of drug-likeness (QED) is 0.553. The van der Waals surface area contributed by atoms with Gasteiger partial charge in [-0.1, -0.05) is 24.3 Å². The van der Waals surface area contributed by atoms with Crippen molar-refractivity contribution in [3.05, 3.63) is 59.2 Å². The molecule has 4 rings (SSSR count). The Hall–Kier alpha value is -3.43. The first-order chi connectivity index (χ1) is 17.4. The predicted octanol–water partition coefficient (Wildman–Crippen LogP) is 2.60. The third-order valence-corrected chi connectivity index (χ3v) is 6.66. The number of hydrazone groups is 1. The van der Waals surface area contributed by atoms with Gasteiger partial charge in [-0.15, -0.1) is 0 Å². The van der Waals surface area contributed by atoms with Crippen molar-refractivity contribution in [2.75, 3.05) is 26.8 Å². The van der Waals surface area contributed by atoms with Crippen molar-refractivity contribution in [2.24, 2.45) is 10.8 Å². The minimum atomic E-state index is -0.539. The first-order valence-electron chi connectivity index (χ1n) is 12.4. The Morgan fingerprint density at radius 1 is 1.14 bits per heavy atom. The smallest absolute Gasteiger partial charge is 0.243 e. The van der Waals surface area contributed by atoms with E-state index >= 15 is 0 Å². The highest BCUT2D eigenvalue weighted by Gasteiger charge is 2.29. The number of nitrogens with two attached hydrogens (primary N) is 1. The summed E-state index contributed by atoms with van der Waals surface area (Å²) in [6, 6.07) is 12.7. The fraction of sp³-hybridized carbons (Fsp3) is 0.444. The van der Waals surface area contributed by atoms with Gasteiger partial charge in [0.25, 0.3) is 0 Å². The van der Waals surface area contributed by atoms with E-state index < -0.39 is 11.9 Å². The molecule has 3 N–H and O–H groups in total. The van der Waals surface area contributed by atoms with Gasteiger partial charge in [0.05, 0.1) is 32.1 Å². The molecule has 1 atom stereocenters. The van der Waals surface area contributed by atoms with E-state index in [1.54, 1.807) is 7.11 Å². The van der Waals surface area contributed by atoms with Crippen LogP contribution in [-0.2, 0) is 16.1 Å². The molecule has 1 saturated heterocycles. The summed E-state index contributed by atoms with van der Waals surface area (Å²) in [4.78, 5) is 26.9. The lowest BCUT2D eigenvalue weighted by molar-refractivity contribution is -0.132. The van der Waals surface area contributed by atoms with Crippen LogP contribution in [0.5, 0.6) is 11.5 Å². The number of rotatable bonds is 9. The lowest BCUT2D eigenvalue weighted by Gasteiger charge is -2.34. The number of hydrogen-bond donors (Lipinski definition) is 2. The van der Waals surface area contributed by atoms with E-state index in [1.807, 2.05) is 54.3 Å². The molecule has 0 aromatic heterocycles. The van der Waals surface area contributed by atoms with Crippen LogP contribution in [0.15, 0.2) is 47.6 Å². The van der Waals surface area contributed by atoms with Crippen LogP contribution in [0.3, 0.4) is 0 Å². The minimum Gasteiger partial charge on any atom is -0.493 e. The Kier molecular flexibility index (Phi) is 8.22. The summed E-state index contributed by atoms with van der Waals surface area (Å²) < 4.78 is 11.1. The molecule has 2 amide bonds. The van der Waals surface area contributed by atoms with Crippen LogP contribution in [0.4, 0.5) is 0 Å². The van der Waals surface area contributed by atoms with Crippen LogP contribution in [-0.4, -0.2) is 65.5 Å². The Labute approximate surface area is 211 Å². The second-order valence-electron chi connectivity index (χ2n) is 9.11. The van der Waals surface area contributed by atoms with Crippen molar-refractivity contribution in [1.82, 2.24) is 9.91 Å². The number of methoxy groups -OCH3 is 1. The number of aliphatic hydroxyl groups excluding tert-OH is 1. The molecule has 1 unspecified atom stereocenters. The second kappa shape index (κ2) is 11.5. The zero-order valence-corrected chi connectivity index (χ0v) is 20.9. The lowest BCUT2D eigenvalue weighted by atomic mass is 9.99. The Balaban J connectivity index is 1.50. The van der Waals surface area contributed by atoms with Gasteiger partial charge < -0.3 is 20.3 Å². The third kappa shape index (κ3) is 5.85. The van der Waals surface area contributed by atoms with Crippen LogP contribution < -0.4 is 15.2 Å². The number of aliphatic hydroxyl groups is 1. The van der Waals surface area contributed by atoms with Gasteiger partial charge in [0, 0.05) is 31.5 Å². The molecule has 0 bridgehead atoms. The molecule has 2 aromatic rings. The van der Waals surface area contributed by atoms with E-state index in [0.717, 1.165) is 22.4 Å². The van der Waals surface area contributed by atoms with Crippen molar-refractivity contribution < 1.29 is 24.2 Å². The molecule has 2 heterocycles. The van der Waals surface area contributed by atoms with Crippen molar-refractivity contribution >= 4 is 17.5 Å². The van der Waals surface area contributed by atoms with Gasteiger partial charge in [-0.05, 0) is 49.1 Å². The highest BCUT2D eigenvalue weighted by molar-refractivity contribution is 6.04. The average Bonchev–Trinajstić information content (AvgIpc) is 2.87. The second-order valence-corrected chi connectivity index (χ2v) is 9.11. The zero-order valence-electron chi connectivity index (χ0n) is 20.9. The Morgan fingerprint density at radius 3 is 2.50 bits per heavy atom. The van der Waals surface area contributed by atoms with Gasteiger partial charge in [0.2, 0.25) is 11.8 Å². The summed E-state index contributed by atoms with van der Waals surface area (Å²) in [7, 11) is 1.60. The number of carbonyl (C=O) groups is 2. The van der Waals surface area contributed by atoms with Crippen molar-refractivity contribution in [1.29, 1.82) is 0 Å². The highest BCUT2D eigenvalue weighted by Crippen LogP contribution is 2.30. The van der Waals surface area contributed by atoms with Gasteiger partial charge in [-0.2, -0.15) is 5.10 Å². The molecular weight excluding hydrogens is 460 g/mol. The minimum absolute atomic E-state index is 0.0387. The van der Waals surface area contributed by atoms with Crippen LogP contribution >= 0.6 is 0 Å². The van der Waals surface area contributed by atoms with Crippen LogP contribution in [0.1, 0.15) is 55.3 Å². The maximum Gasteiger partial charge on any atom is 0.243 e. The molecule has 2 aromatic carbocycles. The van der Waals surface area contributed by atoms with E-state index in [-0.39, 0.29) is 12.0 Å². The number of nitrogens with zero attached hydrogens (tertiary/aromatic N) is 3. The molecule has 9 heteroatoms. The van der Waals surface area contributed by atoms with Crippen molar-refractivity contribution in [3.63, 3.8) is 0 Å². The van der Waals surface area contributed by atoms with Crippen LogP contribution in [0, 0.1) is 0 Å². The molecule has 2 aliphatic rings.